The smallest absolute Gasteiger partial charge is 0.355 e. The van der Waals surface area contributed by atoms with Gasteiger partial charge >= 0.3 is 11.9 Å². The number of allylic oxidation sites excluding steroid dienone is 1. The van der Waals surface area contributed by atoms with Gasteiger partial charge in [0.1, 0.15) is 17.3 Å². The highest BCUT2D eigenvalue weighted by Crippen LogP contribution is 2.43. The van der Waals surface area contributed by atoms with Gasteiger partial charge in [-0.15, -0.1) is 0 Å². The maximum Gasteiger partial charge on any atom is 0.355 e. The number of aromatic nitrogens is 2. The third-order valence-electron chi connectivity index (χ3n) is 7.18. The van der Waals surface area contributed by atoms with Gasteiger partial charge in [-0.2, -0.15) is 5.26 Å². The van der Waals surface area contributed by atoms with Crippen LogP contribution in [-0.4, -0.2) is 36.1 Å². The van der Waals surface area contributed by atoms with Crippen LogP contribution in [0.15, 0.2) is 95.5 Å². The van der Waals surface area contributed by atoms with Gasteiger partial charge in [-0.3, -0.25) is 4.90 Å². The van der Waals surface area contributed by atoms with E-state index < -0.39 is 17.9 Å². The van der Waals surface area contributed by atoms with Gasteiger partial charge < -0.3 is 20.2 Å². The molecule has 1 atom stereocenters. The van der Waals surface area contributed by atoms with Crippen molar-refractivity contribution < 1.29 is 19.1 Å². The number of anilines is 1. The normalized spacial score (nSPS) is 15.3. The molecule has 0 saturated carbocycles. The van der Waals surface area contributed by atoms with Crippen molar-refractivity contribution in [3.8, 4) is 17.5 Å². The van der Waals surface area contributed by atoms with Crippen LogP contribution in [0.5, 0.6) is 0 Å². The fourth-order valence-corrected chi connectivity index (χ4v) is 5.07. The number of esters is 2. The average molecular weight is 548 g/mol. The Morgan fingerprint density at radius 1 is 1.00 bits per heavy atom. The highest BCUT2D eigenvalue weighted by atomic mass is 16.5. The topological polar surface area (TPSA) is 134 Å². The number of hydrogen-bond donors (Lipinski definition) is 2. The van der Waals surface area contributed by atoms with E-state index in [1.54, 1.807) is 36.4 Å². The molecule has 1 aromatic heterocycles. The summed E-state index contributed by atoms with van der Waals surface area (Å²) in [6.45, 7) is 4.28. The van der Waals surface area contributed by atoms with Crippen molar-refractivity contribution in [2.24, 2.45) is 5.73 Å². The summed E-state index contributed by atoms with van der Waals surface area (Å²) in [5.41, 5.74) is 11.4. The Hall–Kier alpha value is -5.36. The Balaban J connectivity index is 1.64. The first-order valence-corrected chi connectivity index (χ1v) is 13.0. The van der Waals surface area contributed by atoms with Crippen molar-refractivity contribution in [3.05, 3.63) is 107 Å². The SMILES string of the molecule is COC(=O)C1=C(C(=O)OC)N(c2ccc(-c3nc4ccc(C(C)C)cc4[nH]3)cc2)C(N)=C(C#N)C1c1ccccc1. The Bertz CT molecular complexity index is 1740. The van der Waals surface area contributed by atoms with Crippen LogP contribution < -0.4 is 10.6 Å². The fraction of sp³-hybridized carbons (Fsp3) is 0.188. The number of carbonyl (C=O) groups excluding carboxylic acids is 2. The van der Waals surface area contributed by atoms with E-state index in [1.165, 1.54) is 24.7 Å². The molecule has 41 heavy (non-hydrogen) atoms. The van der Waals surface area contributed by atoms with Crippen molar-refractivity contribution in [3.63, 3.8) is 0 Å². The van der Waals surface area contributed by atoms with Gasteiger partial charge in [-0.25, -0.2) is 14.6 Å². The summed E-state index contributed by atoms with van der Waals surface area (Å²) in [5, 5.41) is 10.2. The third kappa shape index (κ3) is 4.80. The van der Waals surface area contributed by atoms with E-state index in [9.17, 15) is 14.9 Å². The molecule has 4 aromatic rings. The molecule has 0 spiro atoms. The average Bonchev–Trinajstić information content (AvgIpc) is 3.43. The Labute approximate surface area is 237 Å². The summed E-state index contributed by atoms with van der Waals surface area (Å²) < 4.78 is 10.2. The number of aromatic amines is 1. The molecule has 1 aliphatic heterocycles. The number of imidazole rings is 1. The number of benzene rings is 3. The molecule has 0 saturated heterocycles. The molecule has 2 heterocycles. The second-order valence-electron chi connectivity index (χ2n) is 9.90. The van der Waals surface area contributed by atoms with E-state index >= 15 is 0 Å². The number of nitriles is 1. The van der Waals surface area contributed by atoms with Crippen molar-refractivity contribution in [2.45, 2.75) is 25.7 Å². The number of ether oxygens (including phenoxy) is 2. The van der Waals surface area contributed by atoms with Gasteiger partial charge in [0.2, 0.25) is 0 Å². The minimum atomic E-state index is -0.926. The van der Waals surface area contributed by atoms with Crippen molar-refractivity contribution in [1.29, 1.82) is 5.26 Å². The molecule has 206 valence electrons. The van der Waals surface area contributed by atoms with Crippen LogP contribution in [0.25, 0.3) is 22.4 Å². The Kier molecular flexibility index (Phi) is 7.32. The molecular weight excluding hydrogens is 518 g/mol. The maximum absolute atomic E-state index is 13.3. The molecule has 0 aliphatic carbocycles. The van der Waals surface area contributed by atoms with Crippen LogP contribution >= 0.6 is 0 Å². The minimum absolute atomic E-state index is 0.00658. The van der Waals surface area contributed by atoms with Gasteiger partial charge in [0, 0.05) is 11.3 Å². The first kappa shape index (κ1) is 27.2. The summed E-state index contributed by atoms with van der Waals surface area (Å²) in [6.07, 6.45) is 0. The first-order valence-electron chi connectivity index (χ1n) is 13.0. The standard InChI is InChI=1S/C32H29N5O4/c1-18(2)21-12-15-24-25(16-21)36-30(35-24)20-10-13-22(14-11-20)37-28(32(39)41-4)27(31(38)40-3)26(23(17-33)29(37)34)19-8-6-5-7-9-19/h5-16,18,26H,34H2,1-4H3,(H,35,36). The predicted molar refractivity (Wildman–Crippen MR) is 155 cm³/mol. The van der Waals surface area contributed by atoms with Crippen LogP contribution in [0.3, 0.4) is 0 Å². The van der Waals surface area contributed by atoms with Crippen LogP contribution in [-0.2, 0) is 19.1 Å². The van der Waals surface area contributed by atoms with Crippen molar-refractivity contribution in [2.75, 3.05) is 19.1 Å². The number of carbonyl (C=O) groups is 2. The Morgan fingerprint density at radius 3 is 2.29 bits per heavy atom. The van der Waals surface area contributed by atoms with E-state index in [0.717, 1.165) is 16.6 Å². The Morgan fingerprint density at radius 2 is 1.68 bits per heavy atom. The van der Waals surface area contributed by atoms with Gasteiger partial charge in [0.25, 0.3) is 0 Å². The van der Waals surface area contributed by atoms with Gasteiger partial charge in [-0.05, 0) is 53.4 Å². The number of nitrogens with two attached hydrogens (primary N) is 1. The molecular formula is C32H29N5O4. The van der Waals surface area contributed by atoms with Crippen molar-refractivity contribution in [1.82, 2.24) is 9.97 Å². The number of fused-ring (bicyclic) bond motifs is 1. The monoisotopic (exact) mass is 547 g/mol. The highest BCUT2D eigenvalue weighted by Gasteiger charge is 2.43. The molecule has 9 nitrogen and oxygen atoms in total. The van der Waals surface area contributed by atoms with E-state index in [-0.39, 0.29) is 22.7 Å². The molecule has 0 fully saturated rings. The zero-order chi connectivity index (χ0) is 29.3. The quantitative estimate of drug-likeness (QED) is 0.313. The van der Waals surface area contributed by atoms with Crippen LogP contribution in [0, 0.1) is 11.3 Å². The summed E-state index contributed by atoms with van der Waals surface area (Å²) >= 11 is 0. The summed E-state index contributed by atoms with van der Waals surface area (Å²) in [6, 6.07) is 24.3. The van der Waals surface area contributed by atoms with Crippen LogP contribution in [0.1, 0.15) is 36.8 Å². The number of rotatable bonds is 6. The fourth-order valence-electron chi connectivity index (χ4n) is 5.07. The maximum atomic E-state index is 13.3. The summed E-state index contributed by atoms with van der Waals surface area (Å²) in [7, 11) is 2.44. The zero-order valence-corrected chi connectivity index (χ0v) is 23.1. The van der Waals surface area contributed by atoms with Crippen molar-refractivity contribution >= 4 is 28.7 Å². The van der Waals surface area contributed by atoms with E-state index in [1.807, 2.05) is 24.3 Å². The number of nitrogens with zero attached hydrogens (tertiary/aromatic N) is 3. The molecule has 3 aromatic carbocycles. The van der Waals surface area contributed by atoms with Crippen LogP contribution in [0.2, 0.25) is 0 Å². The number of H-pyrrole nitrogens is 1. The molecule has 1 aliphatic rings. The van der Waals surface area contributed by atoms with Gasteiger partial charge in [0.15, 0.2) is 0 Å². The zero-order valence-electron chi connectivity index (χ0n) is 23.1. The molecule has 1 unspecified atom stereocenters. The largest absolute Gasteiger partial charge is 0.466 e. The molecule has 9 heteroatoms. The number of methoxy groups -OCH3 is 2. The van der Waals surface area contributed by atoms with Gasteiger partial charge in [-0.1, -0.05) is 50.2 Å². The molecule has 3 N–H and O–H groups in total. The van der Waals surface area contributed by atoms with Crippen LogP contribution in [0.4, 0.5) is 5.69 Å². The van der Waals surface area contributed by atoms with E-state index in [4.69, 9.17) is 20.2 Å². The third-order valence-corrected chi connectivity index (χ3v) is 7.18. The van der Waals surface area contributed by atoms with E-state index in [0.29, 0.717) is 23.0 Å². The number of hydrogen-bond acceptors (Lipinski definition) is 8. The van der Waals surface area contributed by atoms with E-state index in [2.05, 4.69) is 37.0 Å². The lowest BCUT2D eigenvalue weighted by Gasteiger charge is -2.35. The second-order valence-corrected chi connectivity index (χ2v) is 9.90. The lowest BCUT2D eigenvalue weighted by atomic mass is 9.81. The minimum Gasteiger partial charge on any atom is -0.466 e. The summed E-state index contributed by atoms with van der Waals surface area (Å²) in [4.78, 5) is 35.9. The summed E-state index contributed by atoms with van der Waals surface area (Å²) in [5.74, 6) is -1.43. The van der Waals surface area contributed by atoms with Gasteiger partial charge in [0.05, 0.1) is 48.4 Å². The lowest BCUT2D eigenvalue weighted by Crippen LogP contribution is -2.40. The molecule has 0 amide bonds. The lowest BCUT2D eigenvalue weighted by molar-refractivity contribution is -0.139. The number of nitrogens with one attached hydrogen (secondary N) is 1. The highest BCUT2D eigenvalue weighted by molar-refractivity contribution is 6.06. The predicted octanol–water partition coefficient (Wildman–Crippen LogP) is 5.25. The second kappa shape index (κ2) is 11.0. The molecule has 0 radical (unpaired) electrons. The molecule has 0 bridgehead atoms. The first-order chi connectivity index (χ1) is 19.8. The molecule has 5 rings (SSSR count).